The third kappa shape index (κ3) is 4.06. The first-order valence-corrected chi connectivity index (χ1v) is 7.48. The van der Waals surface area contributed by atoms with Crippen LogP contribution in [0.4, 0.5) is 5.69 Å². The van der Waals surface area contributed by atoms with Crippen LogP contribution in [-0.4, -0.2) is 16.8 Å². The highest BCUT2D eigenvalue weighted by Crippen LogP contribution is 2.30. The topological polar surface area (TPSA) is 91.1 Å². The Balaban J connectivity index is 1.59. The van der Waals surface area contributed by atoms with Crippen LogP contribution in [-0.2, 0) is 11.3 Å². The highest BCUT2D eigenvalue weighted by atomic mass is 16.2. The molecule has 1 aromatic carbocycles. The number of aromatic nitrogens is 1. The Hall–Kier alpha value is -2.89. The molecule has 0 bridgehead atoms. The summed E-state index contributed by atoms with van der Waals surface area (Å²) in [5, 5.41) is 5.66. The van der Waals surface area contributed by atoms with E-state index < -0.39 is 0 Å². The van der Waals surface area contributed by atoms with Crippen LogP contribution in [0, 0.1) is 5.92 Å². The van der Waals surface area contributed by atoms with Gasteiger partial charge in [-0.2, -0.15) is 0 Å². The van der Waals surface area contributed by atoms with Crippen LogP contribution < -0.4 is 16.2 Å². The van der Waals surface area contributed by atoms with Crippen molar-refractivity contribution in [2.45, 2.75) is 19.4 Å². The number of rotatable bonds is 5. The van der Waals surface area contributed by atoms with Crippen molar-refractivity contribution in [2.24, 2.45) is 5.92 Å². The van der Waals surface area contributed by atoms with Crippen molar-refractivity contribution in [2.75, 3.05) is 5.32 Å². The predicted octanol–water partition coefficient (Wildman–Crippen LogP) is 1.65. The number of carbonyl (C=O) groups excluding carboxylic acids is 2. The van der Waals surface area contributed by atoms with E-state index in [9.17, 15) is 14.4 Å². The number of aromatic amines is 1. The summed E-state index contributed by atoms with van der Waals surface area (Å²) in [7, 11) is 0. The molecule has 2 amide bonds. The lowest BCUT2D eigenvalue weighted by atomic mass is 10.2. The molecule has 1 fully saturated rings. The minimum absolute atomic E-state index is 0.0550. The quantitative estimate of drug-likeness (QED) is 0.784. The average Bonchev–Trinajstić information content (AvgIpc) is 3.38. The molecule has 0 unspecified atom stereocenters. The van der Waals surface area contributed by atoms with Crippen LogP contribution in [0.1, 0.15) is 28.8 Å². The first kappa shape index (κ1) is 15.0. The Bertz CT molecular complexity index is 773. The lowest BCUT2D eigenvalue weighted by Crippen LogP contribution is -2.23. The molecule has 0 radical (unpaired) electrons. The number of anilines is 1. The molecule has 23 heavy (non-hydrogen) atoms. The number of nitrogens with one attached hydrogen (secondary N) is 3. The van der Waals surface area contributed by atoms with Gasteiger partial charge in [0.25, 0.3) is 5.91 Å². The predicted molar refractivity (Wildman–Crippen MR) is 86.0 cm³/mol. The second-order valence-electron chi connectivity index (χ2n) is 5.59. The molecular formula is C17H17N3O3. The molecular weight excluding hydrogens is 294 g/mol. The molecule has 0 saturated heterocycles. The zero-order chi connectivity index (χ0) is 16.2. The first-order chi connectivity index (χ1) is 11.1. The summed E-state index contributed by atoms with van der Waals surface area (Å²) in [6.07, 6.45) is 3.30. The molecule has 0 aliphatic heterocycles. The Kier molecular flexibility index (Phi) is 4.23. The molecule has 1 aliphatic rings. The molecule has 1 saturated carbocycles. The SMILES string of the molecule is O=C(NCc1cccc(NC(=O)C2CC2)c1)c1ccc(=O)[nH]c1. The van der Waals surface area contributed by atoms with Gasteiger partial charge in [0.1, 0.15) is 0 Å². The van der Waals surface area contributed by atoms with Gasteiger partial charge >= 0.3 is 0 Å². The van der Waals surface area contributed by atoms with E-state index >= 15 is 0 Å². The Morgan fingerprint density at radius 2 is 2.00 bits per heavy atom. The first-order valence-electron chi connectivity index (χ1n) is 7.48. The maximum atomic E-state index is 12.0. The highest BCUT2D eigenvalue weighted by molar-refractivity contribution is 5.94. The van der Waals surface area contributed by atoms with Gasteiger partial charge in [-0.25, -0.2) is 0 Å². The highest BCUT2D eigenvalue weighted by Gasteiger charge is 2.29. The van der Waals surface area contributed by atoms with Crippen molar-refractivity contribution < 1.29 is 9.59 Å². The number of amides is 2. The molecule has 118 valence electrons. The molecule has 6 heteroatoms. The zero-order valence-electron chi connectivity index (χ0n) is 12.5. The van der Waals surface area contributed by atoms with E-state index in [4.69, 9.17) is 0 Å². The van der Waals surface area contributed by atoms with Crippen molar-refractivity contribution in [3.63, 3.8) is 0 Å². The van der Waals surface area contributed by atoms with E-state index in [0.717, 1.165) is 24.1 Å². The number of hydrogen-bond acceptors (Lipinski definition) is 3. The fourth-order valence-corrected chi connectivity index (χ4v) is 2.19. The number of benzene rings is 1. The summed E-state index contributed by atoms with van der Waals surface area (Å²) < 4.78 is 0. The molecule has 1 aromatic heterocycles. The number of carbonyl (C=O) groups is 2. The van der Waals surface area contributed by atoms with Gasteiger partial charge in [0.2, 0.25) is 11.5 Å². The normalized spacial score (nSPS) is 13.4. The van der Waals surface area contributed by atoms with Crippen LogP contribution >= 0.6 is 0 Å². The second-order valence-corrected chi connectivity index (χ2v) is 5.59. The standard InChI is InChI=1S/C17H17N3O3/c21-15-7-6-13(10-18-15)16(22)19-9-11-2-1-3-14(8-11)20-17(23)12-4-5-12/h1-3,6-8,10,12H,4-5,9H2,(H,18,21)(H,19,22)(H,20,23). The van der Waals surface area contributed by atoms with Crippen molar-refractivity contribution in [3.8, 4) is 0 Å². The summed E-state index contributed by atoms with van der Waals surface area (Å²) in [6.45, 7) is 0.338. The maximum absolute atomic E-state index is 12.0. The lowest BCUT2D eigenvalue weighted by Gasteiger charge is -2.08. The number of hydrogen-bond donors (Lipinski definition) is 3. The van der Waals surface area contributed by atoms with Gasteiger partial charge < -0.3 is 15.6 Å². The minimum Gasteiger partial charge on any atom is -0.348 e. The Morgan fingerprint density at radius 1 is 1.17 bits per heavy atom. The number of H-pyrrole nitrogens is 1. The molecule has 3 rings (SSSR count). The van der Waals surface area contributed by atoms with Crippen LogP contribution in [0.5, 0.6) is 0 Å². The van der Waals surface area contributed by atoms with Gasteiger partial charge in [-0.3, -0.25) is 14.4 Å². The molecule has 0 spiro atoms. The zero-order valence-corrected chi connectivity index (χ0v) is 12.5. The fraction of sp³-hybridized carbons (Fsp3) is 0.235. The molecule has 1 heterocycles. The Morgan fingerprint density at radius 3 is 2.70 bits per heavy atom. The van der Waals surface area contributed by atoms with E-state index in [2.05, 4.69) is 15.6 Å². The van der Waals surface area contributed by atoms with Gasteiger partial charge in [-0.1, -0.05) is 12.1 Å². The molecule has 2 aromatic rings. The lowest BCUT2D eigenvalue weighted by molar-refractivity contribution is -0.117. The van der Waals surface area contributed by atoms with Crippen molar-refractivity contribution in [3.05, 3.63) is 64.1 Å². The molecule has 1 aliphatic carbocycles. The van der Waals surface area contributed by atoms with E-state index in [1.54, 1.807) is 0 Å². The van der Waals surface area contributed by atoms with Gasteiger partial charge in [0.15, 0.2) is 0 Å². The Labute approximate surface area is 132 Å². The maximum Gasteiger partial charge on any atom is 0.253 e. The van der Waals surface area contributed by atoms with E-state index in [0.29, 0.717) is 12.1 Å². The summed E-state index contributed by atoms with van der Waals surface area (Å²) in [5.41, 5.74) is 1.76. The van der Waals surface area contributed by atoms with Crippen LogP contribution in [0.25, 0.3) is 0 Å². The van der Waals surface area contributed by atoms with Gasteiger partial charge in [-0.05, 0) is 36.6 Å². The number of pyridine rings is 1. The molecule has 3 N–H and O–H groups in total. The smallest absolute Gasteiger partial charge is 0.253 e. The fourth-order valence-electron chi connectivity index (χ4n) is 2.19. The van der Waals surface area contributed by atoms with Crippen LogP contribution in [0.3, 0.4) is 0 Å². The van der Waals surface area contributed by atoms with Crippen LogP contribution in [0.15, 0.2) is 47.4 Å². The minimum atomic E-state index is -0.270. The monoisotopic (exact) mass is 311 g/mol. The second kappa shape index (κ2) is 6.48. The summed E-state index contributed by atoms with van der Waals surface area (Å²) in [4.78, 5) is 37.2. The van der Waals surface area contributed by atoms with Crippen molar-refractivity contribution >= 4 is 17.5 Å². The summed E-state index contributed by atoms with van der Waals surface area (Å²) in [6, 6.07) is 10.2. The van der Waals surface area contributed by atoms with Gasteiger partial charge in [-0.15, -0.1) is 0 Å². The van der Waals surface area contributed by atoms with E-state index in [1.165, 1.54) is 18.3 Å². The van der Waals surface area contributed by atoms with Crippen molar-refractivity contribution in [1.82, 2.24) is 10.3 Å². The van der Waals surface area contributed by atoms with Crippen LogP contribution in [0.2, 0.25) is 0 Å². The summed E-state index contributed by atoms with van der Waals surface area (Å²) >= 11 is 0. The third-order valence-corrected chi connectivity index (χ3v) is 3.64. The third-order valence-electron chi connectivity index (χ3n) is 3.64. The van der Waals surface area contributed by atoms with E-state index in [1.807, 2.05) is 24.3 Å². The molecule has 6 nitrogen and oxygen atoms in total. The summed E-state index contributed by atoms with van der Waals surface area (Å²) in [5.74, 6) is -0.0633. The largest absolute Gasteiger partial charge is 0.348 e. The molecule has 0 atom stereocenters. The van der Waals surface area contributed by atoms with Crippen molar-refractivity contribution in [1.29, 1.82) is 0 Å². The van der Waals surface area contributed by atoms with Gasteiger partial charge in [0.05, 0.1) is 5.56 Å². The average molecular weight is 311 g/mol. The van der Waals surface area contributed by atoms with Gasteiger partial charge in [0, 0.05) is 30.4 Å². The van der Waals surface area contributed by atoms with E-state index in [-0.39, 0.29) is 23.3 Å².